The molecule has 0 radical (unpaired) electrons. The van der Waals surface area contributed by atoms with Gasteiger partial charge in [0.2, 0.25) is 0 Å². The van der Waals surface area contributed by atoms with Gasteiger partial charge in [0.15, 0.2) is 11.7 Å². The zero-order valence-corrected chi connectivity index (χ0v) is 17.7. The lowest BCUT2D eigenvalue weighted by molar-refractivity contribution is -0.140. The maximum atomic E-state index is 12.7. The van der Waals surface area contributed by atoms with Gasteiger partial charge in [0.05, 0.1) is 25.8 Å². The van der Waals surface area contributed by atoms with E-state index in [2.05, 4.69) is 30.5 Å². The molecular formula is C19H25F3N6OS. The van der Waals surface area contributed by atoms with E-state index in [0.717, 1.165) is 41.2 Å². The molecule has 0 amide bonds. The number of hydrogen-bond donors (Lipinski definition) is 2. The second-order valence-corrected chi connectivity index (χ2v) is 7.77. The number of aliphatic imine (C=N–C) groups is 1. The van der Waals surface area contributed by atoms with Gasteiger partial charge in [-0.05, 0) is 25.5 Å². The van der Waals surface area contributed by atoms with Crippen molar-refractivity contribution in [3.63, 3.8) is 0 Å². The average Bonchev–Trinajstić information content (AvgIpc) is 3.20. The third-order valence-electron chi connectivity index (χ3n) is 4.39. The molecule has 2 N–H and O–H groups in total. The summed E-state index contributed by atoms with van der Waals surface area (Å²) in [5.74, 6) is 1.42. The summed E-state index contributed by atoms with van der Waals surface area (Å²) < 4.78 is 43.6. The lowest BCUT2D eigenvalue weighted by Crippen LogP contribution is -2.41. The molecule has 1 aliphatic heterocycles. The summed E-state index contributed by atoms with van der Waals surface area (Å²) in [5, 5.41) is 7.46. The standard InChI is InChI=1S/C19H25F3N6OS/c1-3-23-18(26-10-17-27-15(12-30-17)19(20,21)22)25-9-14-4-5-16(24-8-14)28-6-7-29-13(2)11-28/h4-5,8,12-13H,3,6-7,9-11H2,1-2H3,(H2,23,25,26). The minimum Gasteiger partial charge on any atom is -0.375 e. The van der Waals surface area contributed by atoms with E-state index < -0.39 is 11.9 Å². The van der Waals surface area contributed by atoms with Crippen LogP contribution in [0.5, 0.6) is 0 Å². The quantitative estimate of drug-likeness (QED) is 0.529. The Labute approximate surface area is 177 Å². The molecule has 1 fully saturated rings. The summed E-state index contributed by atoms with van der Waals surface area (Å²) in [5.41, 5.74) is 0.0675. The van der Waals surface area contributed by atoms with Crippen molar-refractivity contribution in [2.24, 2.45) is 4.99 Å². The van der Waals surface area contributed by atoms with Gasteiger partial charge < -0.3 is 20.3 Å². The minimum absolute atomic E-state index is 0.166. The summed E-state index contributed by atoms with van der Waals surface area (Å²) in [6.07, 6.45) is -2.45. The molecule has 1 aliphatic rings. The second-order valence-electron chi connectivity index (χ2n) is 6.83. The lowest BCUT2D eigenvalue weighted by Gasteiger charge is -2.32. The van der Waals surface area contributed by atoms with Crippen molar-refractivity contribution in [1.29, 1.82) is 0 Å². The first kappa shape index (κ1) is 22.3. The number of morpholine rings is 1. The molecule has 3 rings (SSSR count). The van der Waals surface area contributed by atoms with Crippen molar-refractivity contribution in [3.05, 3.63) is 40.0 Å². The van der Waals surface area contributed by atoms with Crippen LogP contribution in [0, 0.1) is 0 Å². The molecule has 1 atom stereocenters. The largest absolute Gasteiger partial charge is 0.434 e. The van der Waals surface area contributed by atoms with Gasteiger partial charge in [-0.3, -0.25) is 0 Å². The molecule has 1 saturated heterocycles. The van der Waals surface area contributed by atoms with Gasteiger partial charge in [0.1, 0.15) is 10.8 Å². The van der Waals surface area contributed by atoms with Crippen LogP contribution in [0.25, 0.3) is 0 Å². The van der Waals surface area contributed by atoms with E-state index in [0.29, 0.717) is 30.7 Å². The Bertz CT molecular complexity index is 840. The first-order valence-corrected chi connectivity index (χ1v) is 10.6. The van der Waals surface area contributed by atoms with Gasteiger partial charge >= 0.3 is 6.18 Å². The number of anilines is 1. The Kier molecular flexibility index (Phi) is 7.48. The van der Waals surface area contributed by atoms with E-state index in [1.54, 1.807) is 6.20 Å². The second kappa shape index (κ2) is 10.1. The molecule has 0 saturated carbocycles. The molecule has 7 nitrogen and oxygen atoms in total. The fraction of sp³-hybridized carbons (Fsp3) is 0.526. The predicted molar refractivity (Wildman–Crippen MR) is 111 cm³/mol. The molecule has 2 aromatic heterocycles. The zero-order valence-electron chi connectivity index (χ0n) is 16.9. The highest BCUT2D eigenvalue weighted by atomic mass is 32.1. The topological polar surface area (TPSA) is 74.7 Å². The molecule has 164 valence electrons. The van der Waals surface area contributed by atoms with Crippen LogP contribution in [0.15, 0.2) is 28.7 Å². The Morgan fingerprint density at radius 3 is 2.83 bits per heavy atom. The molecule has 3 heterocycles. The average molecular weight is 443 g/mol. The maximum Gasteiger partial charge on any atom is 0.434 e. The van der Waals surface area contributed by atoms with E-state index in [1.165, 1.54) is 0 Å². The van der Waals surface area contributed by atoms with Crippen LogP contribution in [-0.4, -0.2) is 48.3 Å². The van der Waals surface area contributed by atoms with E-state index in [-0.39, 0.29) is 12.6 Å². The first-order valence-electron chi connectivity index (χ1n) is 9.70. The number of rotatable bonds is 6. The fourth-order valence-corrected chi connectivity index (χ4v) is 3.66. The number of hydrogen-bond acceptors (Lipinski definition) is 6. The Hall–Kier alpha value is -2.40. The van der Waals surface area contributed by atoms with Gasteiger partial charge in [0.25, 0.3) is 0 Å². The van der Waals surface area contributed by atoms with Crippen LogP contribution >= 0.6 is 11.3 Å². The molecular weight excluding hydrogens is 417 g/mol. The SMILES string of the molecule is CCNC(=NCc1ccc(N2CCOC(C)C2)nc1)NCc1nc(C(F)(F)F)cs1. The molecule has 11 heteroatoms. The maximum absolute atomic E-state index is 12.7. The van der Waals surface area contributed by atoms with Crippen molar-refractivity contribution < 1.29 is 17.9 Å². The number of thiazole rings is 1. The molecule has 2 aromatic rings. The highest BCUT2D eigenvalue weighted by molar-refractivity contribution is 7.09. The van der Waals surface area contributed by atoms with Crippen LogP contribution in [-0.2, 0) is 24.0 Å². The first-order chi connectivity index (χ1) is 14.3. The van der Waals surface area contributed by atoms with Crippen molar-refractivity contribution in [1.82, 2.24) is 20.6 Å². The Morgan fingerprint density at radius 2 is 2.20 bits per heavy atom. The number of halogens is 3. The Balaban J connectivity index is 1.57. The Morgan fingerprint density at radius 1 is 1.37 bits per heavy atom. The highest BCUT2D eigenvalue weighted by Gasteiger charge is 2.33. The zero-order chi connectivity index (χ0) is 21.6. The summed E-state index contributed by atoms with van der Waals surface area (Å²) in [4.78, 5) is 14.8. The summed E-state index contributed by atoms with van der Waals surface area (Å²) in [6.45, 7) is 7.47. The number of guanidine groups is 1. The molecule has 0 aliphatic carbocycles. The van der Waals surface area contributed by atoms with Crippen molar-refractivity contribution in [2.75, 3.05) is 31.1 Å². The highest BCUT2D eigenvalue weighted by Crippen LogP contribution is 2.29. The molecule has 0 spiro atoms. The number of nitrogens with one attached hydrogen (secondary N) is 2. The summed E-state index contributed by atoms with van der Waals surface area (Å²) >= 11 is 0.966. The van der Waals surface area contributed by atoms with Crippen LogP contribution < -0.4 is 15.5 Å². The van der Waals surface area contributed by atoms with E-state index in [9.17, 15) is 13.2 Å². The van der Waals surface area contributed by atoms with Gasteiger partial charge in [0, 0.05) is 31.2 Å². The molecule has 30 heavy (non-hydrogen) atoms. The summed E-state index contributed by atoms with van der Waals surface area (Å²) in [6, 6.07) is 3.95. The van der Waals surface area contributed by atoms with E-state index in [4.69, 9.17) is 4.74 Å². The molecule has 0 aromatic carbocycles. The lowest BCUT2D eigenvalue weighted by atomic mass is 10.2. The van der Waals surface area contributed by atoms with Gasteiger partial charge in [-0.15, -0.1) is 11.3 Å². The van der Waals surface area contributed by atoms with Gasteiger partial charge in [-0.25, -0.2) is 15.0 Å². The third kappa shape index (κ3) is 6.30. The number of nitrogens with zero attached hydrogens (tertiary/aromatic N) is 4. The van der Waals surface area contributed by atoms with Gasteiger partial charge in [-0.1, -0.05) is 6.07 Å². The number of aromatic nitrogens is 2. The number of alkyl halides is 3. The van der Waals surface area contributed by atoms with Crippen molar-refractivity contribution in [2.45, 2.75) is 39.2 Å². The van der Waals surface area contributed by atoms with Crippen molar-refractivity contribution >= 4 is 23.1 Å². The van der Waals surface area contributed by atoms with Gasteiger partial charge in [-0.2, -0.15) is 13.2 Å². The minimum atomic E-state index is -4.42. The van der Waals surface area contributed by atoms with E-state index >= 15 is 0 Å². The smallest absolute Gasteiger partial charge is 0.375 e. The predicted octanol–water partition coefficient (Wildman–Crippen LogP) is 3.04. The molecule has 1 unspecified atom stereocenters. The van der Waals surface area contributed by atoms with Crippen LogP contribution in [0.1, 0.15) is 30.1 Å². The molecule has 0 bridgehead atoms. The normalized spacial score (nSPS) is 17.8. The fourth-order valence-electron chi connectivity index (χ4n) is 2.92. The van der Waals surface area contributed by atoms with E-state index in [1.807, 2.05) is 26.0 Å². The summed E-state index contributed by atoms with van der Waals surface area (Å²) in [7, 11) is 0. The van der Waals surface area contributed by atoms with Crippen LogP contribution in [0.2, 0.25) is 0 Å². The van der Waals surface area contributed by atoms with Crippen molar-refractivity contribution in [3.8, 4) is 0 Å². The van der Waals surface area contributed by atoms with Crippen LogP contribution in [0.4, 0.5) is 19.0 Å². The third-order valence-corrected chi connectivity index (χ3v) is 5.24. The number of ether oxygens (including phenoxy) is 1. The number of pyridine rings is 1. The van der Waals surface area contributed by atoms with Crippen LogP contribution in [0.3, 0.4) is 0 Å². The monoisotopic (exact) mass is 442 g/mol.